The highest BCUT2D eigenvalue weighted by atomic mass is 31.2. The van der Waals surface area contributed by atoms with E-state index in [0.717, 1.165) is 0 Å². The van der Waals surface area contributed by atoms with Gasteiger partial charge >= 0.3 is 7.60 Å². The van der Waals surface area contributed by atoms with E-state index in [-0.39, 0.29) is 5.30 Å². The molecular formula is C18H16N3O3P. The fourth-order valence-corrected chi connectivity index (χ4v) is 3.26. The molecule has 3 aromatic rings. The Bertz CT molecular complexity index is 968. The highest BCUT2D eigenvalue weighted by molar-refractivity contribution is 7.60. The summed E-state index contributed by atoms with van der Waals surface area (Å²) in [6.45, 7) is 0. The first kappa shape index (κ1) is 17.0. The minimum Gasteiger partial charge on any atom is -0.398 e. The second-order valence-corrected chi connectivity index (χ2v) is 6.91. The number of anilines is 1. The monoisotopic (exact) mass is 353 g/mol. The third kappa shape index (κ3) is 3.83. The van der Waals surface area contributed by atoms with Crippen LogP contribution in [0.1, 0.15) is 0 Å². The molecule has 0 atom stereocenters. The Kier molecular flexibility index (Phi) is 4.76. The molecule has 0 heterocycles. The van der Waals surface area contributed by atoms with E-state index in [0.29, 0.717) is 28.2 Å². The first-order valence-corrected chi connectivity index (χ1v) is 9.09. The smallest absolute Gasteiger partial charge is 0.356 e. The maximum Gasteiger partial charge on any atom is 0.356 e. The number of hydrogen-bond acceptors (Lipinski definition) is 4. The van der Waals surface area contributed by atoms with Gasteiger partial charge in [0.2, 0.25) is 0 Å². The molecule has 0 aliphatic carbocycles. The van der Waals surface area contributed by atoms with Crippen molar-refractivity contribution in [1.29, 1.82) is 0 Å². The normalized spacial score (nSPS) is 11.8. The number of benzene rings is 3. The lowest BCUT2D eigenvalue weighted by molar-refractivity contribution is 0.387. The third-order valence-corrected chi connectivity index (χ3v) is 4.61. The molecule has 4 N–H and O–H groups in total. The lowest BCUT2D eigenvalue weighted by Crippen LogP contribution is -2.08. The molecule has 3 aromatic carbocycles. The van der Waals surface area contributed by atoms with Crippen molar-refractivity contribution >= 4 is 30.0 Å². The van der Waals surface area contributed by atoms with Crippen molar-refractivity contribution in [2.75, 3.05) is 5.73 Å². The van der Waals surface area contributed by atoms with Crippen molar-refractivity contribution in [2.24, 2.45) is 10.2 Å². The van der Waals surface area contributed by atoms with Crippen molar-refractivity contribution in [3.05, 3.63) is 72.8 Å². The predicted octanol–water partition coefficient (Wildman–Crippen LogP) is 4.15. The van der Waals surface area contributed by atoms with Gasteiger partial charge in [0, 0.05) is 16.8 Å². The number of azo groups is 1. The fraction of sp³-hybridized carbons (Fsp3) is 0. The van der Waals surface area contributed by atoms with E-state index in [2.05, 4.69) is 10.2 Å². The van der Waals surface area contributed by atoms with Crippen LogP contribution in [-0.2, 0) is 4.57 Å². The zero-order valence-electron chi connectivity index (χ0n) is 13.1. The average molecular weight is 353 g/mol. The van der Waals surface area contributed by atoms with E-state index in [1.807, 2.05) is 18.2 Å². The van der Waals surface area contributed by atoms with Crippen LogP contribution >= 0.6 is 7.60 Å². The minimum absolute atomic E-state index is 0.0935. The second-order valence-electron chi connectivity index (χ2n) is 5.34. The Morgan fingerprint density at radius 1 is 0.800 bits per heavy atom. The van der Waals surface area contributed by atoms with E-state index in [9.17, 15) is 14.4 Å². The molecule has 0 aliphatic heterocycles. The Labute approximate surface area is 144 Å². The summed E-state index contributed by atoms with van der Waals surface area (Å²) in [6, 6.07) is 20.5. The van der Waals surface area contributed by atoms with Crippen molar-refractivity contribution in [1.82, 2.24) is 0 Å². The molecule has 126 valence electrons. The molecule has 0 aliphatic rings. The first-order chi connectivity index (χ1) is 12.0. The van der Waals surface area contributed by atoms with Crippen molar-refractivity contribution in [2.45, 2.75) is 0 Å². The van der Waals surface area contributed by atoms with Crippen LogP contribution in [0, 0.1) is 0 Å². The standard InChI is InChI=1S/C18H16N3O3P/c19-15-10-6-11-16(21-20-13-7-2-1-3-8-13)18(15)14-9-4-5-12-17(14)25(22,23)24/h1-12H,19H2,(H2,22,23,24). The minimum atomic E-state index is -4.47. The molecule has 0 saturated carbocycles. The number of rotatable bonds is 4. The number of nitrogens with two attached hydrogens (primary N) is 1. The summed E-state index contributed by atoms with van der Waals surface area (Å²) in [6.07, 6.45) is 0. The number of nitrogens with zero attached hydrogens (tertiary/aromatic N) is 2. The maximum atomic E-state index is 11.8. The van der Waals surface area contributed by atoms with E-state index in [1.165, 1.54) is 6.07 Å². The molecule has 0 fully saturated rings. The third-order valence-electron chi connectivity index (χ3n) is 3.59. The number of hydrogen-bond donors (Lipinski definition) is 3. The summed E-state index contributed by atoms with van der Waals surface area (Å²) in [5.74, 6) is 0. The molecule has 7 heteroatoms. The quantitative estimate of drug-likeness (QED) is 0.372. The molecule has 0 spiro atoms. The van der Waals surface area contributed by atoms with Gasteiger partial charge in [-0.05, 0) is 30.3 Å². The first-order valence-electron chi connectivity index (χ1n) is 7.47. The van der Waals surface area contributed by atoms with Gasteiger partial charge in [-0.2, -0.15) is 5.11 Å². The molecule has 3 rings (SSSR count). The molecular weight excluding hydrogens is 337 g/mol. The molecule has 0 radical (unpaired) electrons. The predicted molar refractivity (Wildman–Crippen MR) is 98.6 cm³/mol. The topological polar surface area (TPSA) is 108 Å². The number of nitrogen functional groups attached to an aromatic ring is 1. The zero-order chi connectivity index (χ0) is 17.9. The summed E-state index contributed by atoms with van der Waals surface area (Å²) in [5, 5.41) is 8.31. The molecule has 25 heavy (non-hydrogen) atoms. The second kappa shape index (κ2) is 6.99. The Morgan fingerprint density at radius 2 is 1.48 bits per heavy atom. The van der Waals surface area contributed by atoms with Crippen LogP contribution in [0.3, 0.4) is 0 Å². The fourth-order valence-electron chi connectivity index (χ4n) is 2.48. The molecule has 0 bridgehead atoms. The van der Waals surface area contributed by atoms with Crippen LogP contribution in [0.2, 0.25) is 0 Å². The average Bonchev–Trinajstić information content (AvgIpc) is 2.60. The van der Waals surface area contributed by atoms with E-state index >= 15 is 0 Å². The highest BCUT2D eigenvalue weighted by Crippen LogP contribution is 2.42. The van der Waals surface area contributed by atoms with Gasteiger partial charge in [0.15, 0.2) is 0 Å². The molecule has 0 aromatic heterocycles. The molecule has 6 nitrogen and oxygen atoms in total. The Hall–Kier alpha value is -2.79. The summed E-state index contributed by atoms with van der Waals surface area (Å²) >= 11 is 0. The van der Waals surface area contributed by atoms with Crippen LogP contribution in [0.4, 0.5) is 17.1 Å². The van der Waals surface area contributed by atoms with Crippen LogP contribution in [0.25, 0.3) is 11.1 Å². The van der Waals surface area contributed by atoms with Crippen molar-refractivity contribution in [3.63, 3.8) is 0 Å². The van der Waals surface area contributed by atoms with Crippen LogP contribution in [0.5, 0.6) is 0 Å². The van der Waals surface area contributed by atoms with Gasteiger partial charge in [0.1, 0.15) is 0 Å². The van der Waals surface area contributed by atoms with Gasteiger partial charge in [-0.15, -0.1) is 5.11 Å². The van der Waals surface area contributed by atoms with E-state index < -0.39 is 7.60 Å². The summed E-state index contributed by atoms with van der Waals surface area (Å²) in [5.41, 5.74) is 8.34. The van der Waals surface area contributed by atoms with E-state index in [1.54, 1.807) is 48.5 Å². The highest BCUT2D eigenvalue weighted by Gasteiger charge is 2.24. The van der Waals surface area contributed by atoms with Crippen molar-refractivity contribution < 1.29 is 14.4 Å². The van der Waals surface area contributed by atoms with Gasteiger partial charge in [-0.3, -0.25) is 4.57 Å². The SMILES string of the molecule is Nc1cccc(N=Nc2ccccc2)c1-c1ccccc1P(=O)(O)O. The van der Waals surface area contributed by atoms with Gasteiger partial charge in [0.25, 0.3) is 0 Å². The maximum absolute atomic E-state index is 11.8. The van der Waals surface area contributed by atoms with Gasteiger partial charge in [-0.25, -0.2) is 0 Å². The lowest BCUT2D eigenvalue weighted by Gasteiger charge is -2.14. The van der Waals surface area contributed by atoms with Crippen LogP contribution in [-0.4, -0.2) is 9.79 Å². The lowest BCUT2D eigenvalue weighted by atomic mass is 10.0. The molecule has 0 saturated heterocycles. The molecule has 0 unspecified atom stereocenters. The van der Waals surface area contributed by atoms with E-state index in [4.69, 9.17) is 5.73 Å². The van der Waals surface area contributed by atoms with Gasteiger partial charge in [0.05, 0.1) is 16.7 Å². The zero-order valence-corrected chi connectivity index (χ0v) is 14.0. The van der Waals surface area contributed by atoms with Crippen molar-refractivity contribution in [3.8, 4) is 11.1 Å². The van der Waals surface area contributed by atoms with Gasteiger partial charge in [-0.1, -0.05) is 42.5 Å². The summed E-state index contributed by atoms with van der Waals surface area (Å²) < 4.78 is 11.8. The van der Waals surface area contributed by atoms with Gasteiger partial charge < -0.3 is 15.5 Å². The van der Waals surface area contributed by atoms with Crippen LogP contribution in [0.15, 0.2) is 83.0 Å². The summed E-state index contributed by atoms with van der Waals surface area (Å²) in [4.78, 5) is 19.3. The Morgan fingerprint density at radius 3 is 2.20 bits per heavy atom. The largest absolute Gasteiger partial charge is 0.398 e. The van der Waals surface area contributed by atoms with Crippen LogP contribution < -0.4 is 11.0 Å². The molecule has 0 amide bonds. The summed E-state index contributed by atoms with van der Waals surface area (Å²) in [7, 11) is -4.47. The Balaban J connectivity index is 2.16.